The lowest BCUT2D eigenvalue weighted by Gasteiger charge is -2.39. The Morgan fingerprint density at radius 1 is 0.977 bits per heavy atom. The lowest BCUT2D eigenvalue weighted by Crippen LogP contribution is -2.47. The monoisotopic (exact) mass is 601 g/mol. The number of esters is 1. The molecule has 0 radical (unpaired) electrons. The molecule has 5 rings (SSSR count). The lowest BCUT2D eigenvalue weighted by atomic mass is 9.88. The molecule has 0 spiro atoms. The van der Waals surface area contributed by atoms with Crippen LogP contribution in [0.2, 0.25) is 0 Å². The number of amides is 2. The van der Waals surface area contributed by atoms with Gasteiger partial charge in [0.1, 0.15) is 11.6 Å². The van der Waals surface area contributed by atoms with E-state index in [1.807, 2.05) is 74.5 Å². The minimum atomic E-state index is -0.694. The normalized spacial score (nSPS) is 18.0. The van der Waals surface area contributed by atoms with Crippen LogP contribution < -0.4 is 0 Å². The number of hydrogen-bond acceptors (Lipinski definition) is 6. The summed E-state index contributed by atoms with van der Waals surface area (Å²) in [5, 5.41) is 0. The fourth-order valence-corrected chi connectivity index (χ4v) is 6.32. The predicted molar refractivity (Wildman–Crippen MR) is 167 cm³/mol. The summed E-state index contributed by atoms with van der Waals surface area (Å²) in [6, 6.07) is 15.1. The summed E-state index contributed by atoms with van der Waals surface area (Å²) in [6.45, 7) is 10.8. The molecule has 2 aliphatic rings. The van der Waals surface area contributed by atoms with Crippen LogP contribution in [0.3, 0.4) is 0 Å². The summed E-state index contributed by atoms with van der Waals surface area (Å²) < 4.78 is 18.6. The minimum Gasteiger partial charge on any atom is -0.462 e. The number of benzene rings is 2. The fourth-order valence-electron chi connectivity index (χ4n) is 6.32. The van der Waals surface area contributed by atoms with Crippen LogP contribution in [0, 0.1) is 6.92 Å². The van der Waals surface area contributed by atoms with Crippen LogP contribution in [-0.2, 0) is 40.6 Å². The highest BCUT2D eigenvalue weighted by molar-refractivity contribution is 5.95. The van der Waals surface area contributed by atoms with Gasteiger partial charge in [0.2, 0.25) is 0 Å². The topological polar surface area (TPSA) is 90.3 Å². The Hall–Kier alpha value is -4.11. The van der Waals surface area contributed by atoms with E-state index in [1.165, 1.54) is 5.56 Å². The van der Waals surface area contributed by atoms with Gasteiger partial charge in [-0.15, -0.1) is 0 Å². The zero-order valence-electron chi connectivity index (χ0n) is 26.8. The smallest absolute Gasteiger partial charge is 0.411 e. The number of nitrogens with zero attached hydrogens (tertiary/aromatic N) is 3. The molecule has 0 N–H and O–H groups in total. The summed E-state index contributed by atoms with van der Waals surface area (Å²) in [7, 11) is 3.54. The molecule has 234 valence electrons. The van der Waals surface area contributed by atoms with Crippen LogP contribution in [0.4, 0.5) is 4.79 Å². The Kier molecular flexibility index (Phi) is 8.88. The van der Waals surface area contributed by atoms with E-state index in [9.17, 15) is 14.4 Å². The molecular weight excluding hydrogens is 558 g/mol. The zero-order chi connectivity index (χ0) is 31.8. The second-order valence-corrected chi connectivity index (χ2v) is 12.6. The molecule has 0 saturated heterocycles. The number of hydrogen-bond donors (Lipinski definition) is 0. The van der Waals surface area contributed by atoms with Crippen LogP contribution in [0.1, 0.15) is 88.1 Å². The highest BCUT2D eigenvalue weighted by Crippen LogP contribution is 2.39. The molecule has 3 aromatic rings. The number of carbonyl (C=O) groups excluding carboxylic acids is 3. The lowest BCUT2D eigenvalue weighted by molar-refractivity contribution is 0.0172. The molecule has 44 heavy (non-hydrogen) atoms. The molecule has 1 aromatic heterocycles. The van der Waals surface area contributed by atoms with Crippen molar-refractivity contribution in [1.29, 1.82) is 0 Å². The summed E-state index contributed by atoms with van der Waals surface area (Å²) in [4.78, 5) is 44.3. The molecule has 9 heteroatoms. The van der Waals surface area contributed by atoms with E-state index in [0.29, 0.717) is 37.2 Å². The molecule has 9 nitrogen and oxygen atoms in total. The van der Waals surface area contributed by atoms with Gasteiger partial charge in [0, 0.05) is 44.2 Å². The van der Waals surface area contributed by atoms with E-state index < -0.39 is 23.7 Å². The third-order valence-corrected chi connectivity index (χ3v) is 8.57. The SMILES string of the molecule is CCOC(=O)c1cc(C2c3cc(C(=O)N4Cc5ccccc5C[C@H]4COC)ccc3CCN2C(=O)OC(C)(C)C)n(C)c1C. The first-order valence-electron chi connectivity index (χ1n) is 15.3. The van der Waals surface area contributed by atoms with Crippen LogP contribution in [0.5, 0.6) is 0 Å². The summed E-state index contributed by atoms with van der Waals surface area (Å²) in [5.74, 6) is -0.502. The van der Waals surface area contributed by atoms with Crippen LogP contribution in [-0.4, -0.2) is 70.8 Å². The number of ether oxygens (including phenoxy) is 3. The van der Waals surface area contributed by atoms with Crippen molar-refractivity contribution >= 4 is 18.0 Å². The van der Waals surface area contributed by atoms with Gasteiger partial charge in [0.15, 0.2) is 0 Å². The predicted octanol–water partition coefficient (Wildman–Crippen LogP) is 5.61. The fraction of sp³-hybridized carbons (Fsp3) is 0.457. The van der Waals surface area contributed by atoms with Gasteiger partial charge in [0.25, 0.3) is 5.91 Å². The summed E-state index contributed by atoms with van der Waals surface area (Å²) in [5.41, 5.74) is 6.01. The second-order valence-electron chi connectivity index (χ2n) is 12.6. The molecular formula is C35H43N3O6. The zero-order valence-corrected chi connectivity index (χ0v) is 26.8. The minimum absolute atomic E-state index is 0.0900. The molecule has 3 heterocycles. The largest absolute Gasteiger partial charge is 0.462 e. The highest BCUT2D eigenvalue weighted by Gasteiger charge is 2.38. The number of methoxy groups -OCH3 is 1. The number of carbonyl (C=O) groups is 3. The van der Waals surface area contributed by atoms with Gasteiger partial charge >= 0.3 is 12.1 Å². The average molecular weight is 602 g/mol. The second kappa shape index (κ2) is 12.5. The third-order valence-electron chi connectivity index (χ3n) is 8.57. The molecule has 2 amide bonds. The molecule has 2 aromatic carbocycles. The maximum Gasteiger partial charge on any atom is 0.411 e. The molecule has 0 saturated carbocycles. The van der Waals surface area contributed by atoms with E-state index in [-0.39, 0.29) is 18.6 Å². The van der Waals surface area contributed by atoms with Gasteiger partial charge in [0.05, 0.1) is 24.8 Å². The molecule has 2 atom stereocenters. The molecule has 0 bridgehead atoms. The number of aromatic nitrogens is 1. The molecule has 0 aliphatic carbocycles. The van der Waals surface area contributed by atoms with Crippen LogP contribution >= 0.6 is 0 Å². The van der Waals surface area contributed by atoms with Gasteiger partial charge in [-0.1, -0.05) is 30.3 Å². The van der Waals surface area contributed by atoms with Crippen molar-refractivity contribution in [3.63, 3.8) is 0 Å². The Morgan fingerprint density at radius 3 is 2.39 bits per heavy atom. The third kappa shape index (κ3) is 6.11. The van der Waals surface area contributed by atoms with E-state index in [4.69, 9.17) is 14.2 Å². The van der Waals surface area contributed by atoms with Crippen LogP contribution in [0.15, 0.2) is 48.5 Å². The van der Waals surface area contributed by atoms with Crippen molar-refractivity contribution in [2.75, 3.05) is 26.9 Å². The molecule has 1 unspecified atom stereocenters. The quantitative estimate of drug-likeness (QED) is 0.342. The first kappa shape index (κ1) is 31.3. The van der Waals surface area contributed by atoms with Crippen LogP contribution in [0.25, 0.3) is 0 Å². The maximum absolute atomic E-state index is 14.2. The Morgan fingerprint density at radius 2 is 1.70 bits per heavy atom. The maximum atomic E-state index is 14.2. The average Bonchev–Trinajstić information content (AvgIpc) is 3.28. The van der Waals surface area contributed by atoms with Crippen molar-refractivity contribution in [3.05, 3.63) is 93.3 Å². The Labute approximate surface area is 259 Å². The van der Waals surface area contributed by atoms with Gasteiger partial charge in [-0.25, -0.2) is 9.59 Å². The van der Waals surface area contributed by atoms with E-state index >= 15 is 0 Å². The first-order valence-corrected chi connectivity index (χ1v) is 15.3. The molecule has 0 fully saturated rings. The standard InChI is InChI=1S/C35H43N3O6/c1-8-43-33(40)28-19-30(36(6)22(28)2)31-29-18-25(14-13-23(29)15-16-37(31)34(41)44-35(3,4)5)32(39)38-20-26-12-10-9-11-24(26)17-27(38)21-42-7/h9-14,18-19,27,31H,8,15-17,20-21H2,1-7H3/t27-,31?/m0/s1. The summed E-state index contributed by atoms with van der Waals surface area (Å²) >= 11 is 0. The highest BCUT2D eigenvalue weighted by atomic mass is 16.6. The Bertz CT molecular complexity index is 1570. The van der Waals surface area contributed by atoms with E-state index in [1.54, 1.807) is 25.0 Å². The van der Waals surface area contributed by atoms with Crippen molar-refractivity contribution < 1.29 is 28.6 Å². The first-order chi connectivity index (χ1) is 20.9. The number of fused-ring (bicyclic) bond motifs is 2. The van der Waals surface area contributed by atoms with E-state index in [2.05, 4.69) is 12.1 Å². The van der Waals surface area contributed by atoms with Crippen molar-refractivity contribution in [2.24, 2.45) is 7.05 Å². The van der Waals surface area contributed by atoms with Gasteiger partial charge < -0.3 is 23.7 Å². The van der Waals surface area contributed by atoms with Crippen molar-refractivity contribution in [3.8, 4) is 0 Å². The van der Waals surface area contributed by atoms with Gasteiger partial charge in [-0.05, 0) is 87.9 Å². The summed E-state index contributed by atoms with van der Waals surface area (Å²) in [6.07, 6.45) is 0.876. The van der Waals surface area contributed by atoms with Gasteiger partial charge in [-0.2, -0.15) is 0 Å². The van der Waals surface area contributed by atoms with Crippen molar-refractivity contribution in [2.45, 2.75) is 71.7 Å². The Balaban J connectivity index is 1.59. The van der Waals surface area contributed by atoms with E-state index in [0.717, 1.165) is 34.5 Å². The van der Waals surface area contributed by atoms with Gasteiger partial charge in [-0.3, -0.25) is 9.69 Å². The van der Waals surface area contributed by atoms with Crippen molar-refractivity contribution in [1.82, 2.24) is 14.4 Å². The molecule has 2 aliphatic heterocycles. The number of rotatable bonds is 6.